The van der Waals surface area contributed by atoms with Crippen LogP contribution in [-0.2, 0) is 0 Å². The van der Waals surface area contributed by atoms with Crippen LogP contribution in [0.5, 0.6) is 0 Å². The van der Waals surface area contributed by atoms with Gasteiger partial charge in [0.2, 0.25) is 0 Å². The van der Waals surface area contributed by atoms with E-state index in [1.165, 1.54) is 0 Å². The Bertz CT molecular complexity index is 510. The summed E-state index contributed by atoms with van der Waals surface area (Å²) < 4.78 is 0. The summed E-state index contributed by atoms with van der Waals surface area (Å²) in [4.78, 5) is 8.83. The zero-order valence-electron chi connectivity index (χ0n) is 8.90. The van der Waals surface area contributed by atoms with Crippen molar-refractivity contribution in [1.82, 2.24) is 9.97 Å². The van der Waals surface area contributed by atoms with E-state index in [1.807, 2.05) is 19.1 Å². The second-order valence-corrected chi connectivity index (χ2v) is 2.86. The summed E-state index contributed by atoms with van der Waals surface area (Å²) in [5, 5.41) is 1.63. The van der Waals surface area contributed by atoms with Crippen molar-refractivity contribution in [1.29, 1.82) is 0 Å². The maximum absolute atomic E-state index is 4.41. The molecule has 0 aliphatic rings. The van der Waals surface area contributed by atoms with Crippen molar-refractivity contribution in [3.63, 3.8) is 0 Å². The highest BCUT2D eigenvalue weighted by molar-refractivity contribution is 5.57. The first-order valence-electron chi connectivity index (χ1n) is 4.68. The molecule has 0 aromatic carbocycles. The van der Waals surface area contributed by atoms with Crippen LogP contribution in [-0.4, -0.2) is 9.97 Å². The standard InChI is InChI=1S/C13H14N2/c1-5-9-13-12(8-4)14-10(6-2)11(7-3)15-13/h5-9H,1-3H2,4H3/b12-8+,13-9+. The Hall–Kier alpha value is -1.96. The molecule has 0 bridgehead atoms. The molecule has 0 N–H and O–H groups in total. The van der Waals surface area contributed by atoms with E-state index in [2.05, 4.69) is 29.7 Å². The average molecular weight is 198 g/mol. The second-order valence-electron chi connectivity index (χ2n) is 2.86. The molecule has 2 heteroatoms. The summed E-state index contributed by atoms with van der Waals surface area (Å²) in [5.41, 5.74) is 1.49. The number of nitrogens with zero attached hydrogens (tertiary/aromatic N) is 2. The summed E-state index contributed by atoms with van der Waals surface area (Å²) in [6.45, 7) is 13.0. The molecule has 0 saturated carbocycles. The van der Waals surface area contributed by atoms with Crippen molar-refractivity contribution in [3.8, 4) is 0 Å². The Morgan fingerprint density at radius 2 is 1.47 bits per heavy atom. The zero-order valence-corrected chi connectivity index (χ0v) is 8.90. The monoisotopic (exact) mass is 198 g/mol. The molecule has 0 aliphatic carbocycles. The molecule has 0 atom stereocenters. The SMILES string of the molecule is C=C/C=c1/nc(C=C)c(C=C)n/c1=C/C. The van der Waals surface area contributed by atoms with Crippen molar-refractivity contribution in [2.75, 3.05) is 0 Å². The van der Waals surface area contributed by atoms with Gasteiger partial charge in [0.25, 0.3) is 0 Å². The molecule has 0 radical (unpaired) electrons. The van der Waals surface area contributed by atoms with Gasteiger partial charge in [-0.3, -0.25) is 0 Å². The summed E-state index contributed by atoms with van der Waals surface area (Å²) in [6, 6.07) is 0. The first kappa shape index (κ1) is 11.1. The number of aromatic nitrogens is 2. The maximum Gasteiger partial charge on any atom is 0.0891 e. The van der Waals surface area contributed by atoms with Gasteiger partial charge in [0.05, 0.1) is 22.1 Å². The zero-order chi connectivity index (χ0) is 11.3. The fraction of sp³-hybridized carbons (Fsp3) is 0.0769. The summed E-state index contributed by atoms with van der Waals surface area (Å²) in [5.74, 6) is 0. The molecule has 1 heterocycles. The van der Waals surface area contributed by atoms with Crippen molar-refractivity contribution in [2.24, 2.45) is 0 Å². The Kier molecular flexibility index (Phi) is 3.75. The van der Waals surface area contributed by atoms with Crippen molar-refractivity contribution in [3.05, 3.63) is 47.9 Å². The van der Waals surface area contributed by atoms with E-state index >= 15 is 0 Å². The molecule has 15 heavy (non-hydrogen) atoms. The second kappa shape index (κ2) is 5.05. The van der Waals surface area contributed by atoms with Crippen molar-refractivity contribution in [2.45, 2.75) is 6.92 Å². The molecular formula is C13H14N2. The van der Waals surface area contributed by atoms with Crippen molar-refractivity contribution >= 4 is 24.3 Å². The molecule has 1 aromatic heterocycles. The Labute approximate surface area is 89.7 Å². The number of allylic oxidation sites excluding steroid dienone is 1. The molecule has 1 aromatic rings. The Balaban J connectivity index is 3.71. The highest BCUT2D eigenvalue weighted by Gasteiger charge is 1.98. The predicted octanol–water partition coefficient (Wildman–Crippen LogP) is 1.53. The van der Waals surface area contributed by atoms with Gasteiger partial charge in [-0.15, -0.1) is 0 Å². The fourth-order valence-electron chi connectivity index (χ4n) is 1.24. The molecule has 0 saturated heterocycles. The van der Waals surface area contributed by atoms with E-state index in [-0.39, 0.29) is 0 Å². The first-order valence-corrected chi connectivity index (χ1v) is 4.68. The third kappa shape index (κ3) is 2.29. The van der Waals surface area contributed by atoms with Crippen LogP contribution >= 0.6 is 0 Å². The largest absolute Gasteiger partial charge is 0.245 e. The normalized spacial score (nSPS) is 12.6. The molecule has 0 fully saturated rings. The summed E-state index contributed by atoms with van der Waals surface area (Å²) >= 11 is 0. The lowest BCUT2D eigenvalue weighted by Gasteiger charge is -1.99. The van der Waals surface area contributed by atoms with Gasteiger partial charge in [-0.2, -0.15) is 0 Å². The molecule has 0 amide bonds. The van der Waals surface area contributed by atoms with Crippen LogP contribution in [0.3, 0.4) is 0 Å². The van der Waals surface area contributed by atoms with Crippen LogP contribution in [0, 0.1) is 0 Å². The van der Waals surface area contributed by atoms with Gasteiger partial charge in [-0.05, 0) is 25.2 Å². The Morgan fingerprint density at radius 1 is 0.933 bits per heavy atom. The first-order chi connectivity index (χ1) is 7.26. The van der Waals surface area contributed by atoms with Crippen LogP contribution in [0.4, 0.5) is 0 Å². The van der Waals surface area contributed by atoms with E-state index in [0.717, 1.165) is 22.1 Å². The van der Waals surface area contributed by atoms with Gasteiger partial charge >= 0.3 is 0 Å². The number of hydrogen-bond acceptors (Lipinski definition) is 2. The average Bonchev–Trinajstić information content (AvgIpc) is 2.28. The third-order valence-corrected chi connectivity index (χ3v) is 1.94. The van der Waals surface area contributed by atoms with Gasteiger partial charge < -0.3 is 0 Å². The number of rotatable bonds is 3. The predicted molar refractivity (Wildman–Crippen MR) is 66.3 cm³/mol. The van der Waals surface area contributed by atoms with Crippen LogP contribution in [0.2, 0.25) is 0 Å². The summed E-state index contributed by atoms with van der Waals surface area (Å²) in [7, 11) is 0. The lowest BCUT2D eigenvalue weighted by atomic mass is 10.2. The van der Waals surface area contributed by atoms with Gasteiger partial charge in [0, 0.05) is 0 Å². The van der Waals surface area contributed by atoms with E-state index < -0.39 is 0 Å². The molecule has 1 rings (SSSR count). The van der Waals surface area contributed by atoms with Gasteiger partial charge in [0.1, 0.15) is 0 Å². The molecule has 0 unspecified atom stereocenters. The van der Waals surface area contributed by atoms with Gasteiger partial charge in [0.15, 0.2) is 0 Å². The minimum Gasteiger partial charge on any atom is -0.245 e. The fourth-order valence-corrected chi connectivity index (χ4v) is 1.24. The summed E-state index contributed by atoms with van der Waals surface area (Å²) in [6.07, 6.45) is 8.76. The molecule has 0 spiro atoms. The van der Waals surface area contributed by atoms with Crippen LogP contribution < -0.4 is 10.7 Å². The maximum atomic E-state index is 4.41. The molecular weight excluding hydrogens is 184 g/mol. The smallest absolute Gasteiger partial charge is 0.0891 e. The lowest BCUT2D eigenvalue weighted by molar-refractivity contribution is 1.07. The number of hydrogen-bond donors (Lipinski definition) is 0. The van der Waals surface area contributed by atoms with E-state index in [1.54, 1.807) is 18.2 Å². The molecule has 2 nitrogen and oxygen atoms in total. The third-order valence-electron chi connectivity index (χ3n) is 1.94. The lowest BCUT2D eigenvalue weighted by Crippen LogP contribution is -2.32. The minimum absolute atomic E-state index is 0.740. The van der Waals surface area contributed by atoms with Gasteiger partial charge in [-0.1, -0.05) is 31.9 Å². The topological polar surface area (TPSA) is 25.8 Å². The molecule has 76 valence electrons. The van der Waals surface area contributed by atoms with Crippen LogP contribution in [0.1, 0.15) is 18.3 Å². The van der Waals surface area contributed by atoms with E-state index in [0.29, 0.717) is 0 Å². The van der Waals surface area contributed by atoms with Crippen LogP contribution in [0.15, 0.2) is 25.8 Å². The highest BCUT2D eigenvalue weighted by atomic mass is 14.8. The van der Waals surface area contributed by atoms with E-state index in [9.17, 15) is 0 Å². The van der Waals surface area contributed by atoms with E-state index in [4.69, 9.17) is 0 Å². The Morgan fingerprint density at radius 3 is 1.87 bits per heavy atom. The molecule has 0 aliphatic heterocycles. The van der Waals surface area contributed by atoms with Crippen molar-refractivity contribution < 1.29 is 0 Å². The quantitative estimate of drug-likeness (QED) is 0.736. The van der Waals surface area contributed by atoms with Gasteiger partial charge in [-0.25, -0.2) is 9.97 Å². The highest BCUT2D eigenvalue weighted by Crippen LogP contribution is 2.00. The van der Waals surface area contributed by atoms with Crippen LogP contribution in [0.25, 0.3) is 24.3 Å². The minimum atomic E-state index is 0.740.